The van der Waals surface area contributed by atoms with E-state index in [1.807, 2.05) is 41.5 Å². The van der Waals surface area contributed by atoms with Gasteiger partial charge in [-0.3, -0.25) is 4.79 Å². The summed E-state index contributed by atoms with van der Waals surface area (Å²) in [7, 11) is 0. The van der Waals surface area contributed by atoms with Crippen LogP contribution in [0.25, 0.3) is 22.4 Å². The molecule has 2 fully saturated rings. The summed E-state index contributed by atoms with van der Waals surface area (Å²) in [4.78, 5) is 21.9. The number of carbonyl (C=O) groups excluding carboxylic acids is 1. The van der Waals surface area contributed by atoms with Gasteiger partial charge in [0.1, 0.15) is 5.58 Å². The monoisotopic (exact) mass is 498 g/mol. The number of aromatic nitrogens is 2. The number of furan rings is 1. The molecule has 2 aliphatic rings. The van der Waals surface area contributed by atoms with Gasteiger partial charge in [-0.25, -0.2) is 0 Å². The number of para-hydroxylation sites is 1. The Morgan fingerprint density at radius 2 is 1.73 bits per heavy atom. The zero-order valence-corrected chi connectivity index (χ0v) is 21.4. The number of piperidine rings is 2. The van der Waals surface area contributed by atoms with Crippen LogP contribution in [-0.4, -0.2) is 58.6 Å². The van der Waals surface area contributed by atoms with E-state index in [0.29, 0.717) is 23.6 Å². The van der Waals surface area contributed by atoms with Crippen LogP contribution < -0.4 is 0 Å². The van der Waals surface area contributed by atoms with Gasteiger partial charge in [0.25, 0.3) is 5.91 Å². The van der Waals surface area contributed by atoms with Crippen molar-refractivity contribution in [2.45, 2.75) is 44.9 Å². The Hall–Kier alpha value is -3.45. The van der Waals surface area contributed by atoms with Gasteiger partial charge in [0, 0.05) is 42.1 Å². The molecule has 0 N–H and O–H groups in total. The van der Waals surface area contributed by atoms with Gasteiger partial charge in [-0.1, -0.05) is 35.5 Å². The number of hydrogen-bond acceptors (Lipinski definition) is 6. The van der Waals surface area contributed by atoms with Gasteiger partial charge in [0.15, 0.2) is 0 Å². The van der Waals surface area contributed by atoms with Crippen molar-refractivity contribution >= 4 is 16.9 Å². The van der Waals surface area contributed by atoms with Crippen molar-refractivity contribution in [2.75, 3.05) is 32.7 Å². The van der Waals surface area contributed by atoms with Gasteiger partial charge in [0.05, 0.1) is 6.26 Å². The molecule has 192 valence electrons. The average molecular weight is 499 g/mol. The second-order valence-electron chi connectivity index (χ2n) is 10.5. The van der Waals surface area contributed by atoms with Crippen LogP contribution in [-0.2, 0) is 0 Å². The molecule has 0 spiro atoms. The summed E-state index contributed by atoms with van der Waals surface area (Å²) >= 11 is 0. The van der Waals surface area contributed by atoms with Crippen LogP contribution in [0, 0.1) is 12.8 Å². The van der Waals surface area contributed by atoms with E-state index in [1.54, 1.807) is 6.92 Å². The molecule has 2 saturated heterocycles. The maximum Gasteiger partial charge on any atom is 0.253 e. The van der Waals surface area contributed by atoms with Gasteiger partial charge < -0.3 is 18.7 Å². The van der Waals surface area contributed by atoms with Gasteiger partial charge in [-0.15, -0.1) is 0 Å². The summed E-state index contributed by atoms with van der Waals surface area (Å²) in [6.07, 6.45) is 7.76. The van der Waals surface area contributed by atoms with Crippen molar-refractivity contribution < 1.29 is 13.7 Å². The SMILES string of the molecule is Cc1nc(-c2ccc(C(=O)N3CCC(CCN4CCC(c5coc6ccccc56)CC4)CC3)cc2)no1. The highest BCUT2D eigenvalue weighted by atomic mass is 16.5. The van der Waals surface area contributed by atoms with Crippen LogP contribution in [0.2, 0.25) is 0 Å². The van der Waals surface area contributed by atoms with E-state index in [4.69, 9.17) is 8.94 Å². The second-order valence-corrected chi connectivity index (χ2v) is 10.5. The summed E-state index contributed by atoms with van der Waals surface area (Å²) in [5.74, 6) is 2.49. The number of likely N-dealkylation sites (tertiary alicyclic amines) is 2. The highest BCUT2D eigenvalue weighted by Gasteiger charge is 2.26. The number of aryl methyl sites for hydroxylation is 1. The zero-order valence-electron chi connectivity index (χ0n) is 21.4. The Labute approximate surface area is 217 Å². The van der Waals surface area contributed by atoms with Crippen molar-refractivity contribution in [2.24, 2.45) is 5.92 Å². The minimum absolute atomic E-state index is 0.114. The number of fused-ring (bicyclic) bond motifs is 1. The molecule has 7 heteroatoms. The minimum Gasteiger partial charge on any atom is -0.464 e. The van der Waals surface area contributed by atoms with E-state index in [9.17, 15) is 4.79 Å². The lowest BCUT2D eigenvalue weighted by atomic mass is 9.88. The maximum absolute atomic E-state index is 13.0. The topological polar surface area (TPSA) is 75.6 Å². The largest absolute Gasteiger partial charge is 0.464 e. The smallest absolute Gasteiger partial charge is 0.253 e. The fourth-order valence-corrected chi connectivity index (χ4v) is 5.93. The molecule has 2 aromatic carbocycles. The predicted molar refractivity (Wildman–Crippen MR) is 142 cm³/mol. The molecule has 6 rings (SSSR count). The number of carbonyl (C=O) groups is 1. The van der Waals surface area contributed by atoms with Crippen molar-refractivity contribution in [1.82, 2.24) is 19.9 Å². The van der Waals surface area contributed by atoms with Crippen molar-refractivity contribution in [3.63, 3.8) is 0 Å². The molecule has 0 radical (unpaired) electrons. The lowest BCUT2D eigenvalue weighted by Crippen LogP contribution is -2.40. The van der Waals surface area contributed by atoms with E-state index in [2.05, 4.69) is 33.2 Å². The molecule has 2 aliphatic heterocycles. The van der Waals surface area contributed by atoms with E-state index in [-0.39, 0.29) is 5.91 Å². The summed E-state index contributed by atoms with van der Waals surface area (Å²) in [6.45, 7) is 6.91. The number of amides is 1. The first kappa shape index (κ1) is 23.9. The Bertz CT molecular complexity index is 1340. The standard InChI is InChI=1S/C30H34N4O3/c1-21-31-29(32-37-21)24-6-8-25(9-7-24)30(35)34-18-11-22(12-19-34)10-15-33-16-13-23(14-17-33)27-20-36-28-5-3-2-4-26(27)28/h2-9,20,22-23H,10-19H2,1H3. The molecule has 4 heterocycles. The van der Waals surface area contributed by atoms with E-state index >= 15 is 0 Å². The molecule has 0 saturated carbocycles. The van der Waals surface area contributed by atoms with Crippen molar-refractivity contribution in [3.8, 4) is 11.4 Å². The van der Waals surface area contributed by atoms with Crippen molar-refractivity contribution in [3.05, 3.63) is 71.8 Å². The fourth-order valence-electron chi connectivity index (χ4n) is 5.93. The number of hydrogen-bond donors (Lipinski definition) is 0. The number of nitrogens with zero attached hydrogens (tertiary/aromatic N) is 4. The van der Waals surface area contributed by atoms with E-state index in [1.165, 1.54) is 30.2 Å². The molecule has 1 amide bonds. The first-order valence-electron chi connectivity index (χ1n) is 13.5. The molecule has 0 bridgehead atoms. The normalized spacial score (nSPS) is 18.0. The third-order valence-corrected chi connectivity index (χ3v) is 8.21. The fraction of sp³-hybridized carbons (Fsp3) is 0.433. The Kier molecular flexibility index (Phi) is 6.79. The molecular weight excluding hydrogens is 464 g/mol. The van der Waals surface area contributed by atoms with Crippen molar-refractivity contribution in [1.29, 1.82) is 0 Å². The lowest BCUT2D eigenvalue weighted by molar-refractivity contribution is 0.0678. The van der Waals surface area contributed by atoms with Crippen LogP contribution in [0.1, 0.15) is 59.8 Å². The van der Waals surface area contributed by atoms with Crippen LogP contribution >= 0.6 is 0 Å². The highest BCUT2D eigenvalue weighted by molar-refractivity contribution is 5.94. The van der Waals surface area contributed by atoms with Gasteiger partial charge in [-0.2, -0.15) is 4.98 Å². The van der Waals surface area contributed by atoms with Gasteiger partial charge in [0.2, 0.25) is 11.7 Å². The molecule has 4 aromatic rings. The third-order valence-electron chi connectivity index (χ3n) is 8.21. The van der Waals surface area contributed by atoms with Crippen LogP contribution in [0.3, 0.4) is 0 Å². The first-order valence-corrected chi connectivity index (χ1v) is 13.5. The Morgan fingerprint density at radius 1 is 0.973 bits per heavy atom. The Balaban J connectivity index is 0.944. The maximum atomic E-state index is 13.0. The summed E-state index contributed by atoms with van der Waals surface area (Å²) in [6, 6.07) is 15.9. The third kappa shape index (κ3) is 5.18. The summed E-state index contributed by atoms with van der Waals surface area (Å²) in [5.41, 5.74) is 3.96. The molecule has 0 unspecified atom stereocenters. The minimum atomic E-state index is 0.114. The predicted octanol–water partition coefficient (Wildman–Crippen LogP) is 5.91. The molecule has 2 aromatic heterocycles. The second kappa shape index (κ2) is 10.5. The molecular formula is C30H34N4O3. The molecule has 7 nitrogen and oxygen atoms in total. The van der Waals surface area contributed by atoms with Crippen LogP contribution in [0.15, 0.2) is 63.7 Å². The molecule has 0 aliphatic carbocycles. The van der Waals surface area contributed by atoms with Crippen LogP contribution in [0.5, 0.6) is 0 Å². The first-order chi connectivity index (χ1) is 18.1. The van der Waals surface area contributed by atoms with E-state index in [0.717, 1.165) is 62.3 Å². The quantitative estimate of drug-likeness (QED) is 0.329. The summed E-state index contributed by atoms with van der Waals surface area (Å²) in [5, 5.41) is 5.23. The molecule has 37 heavy (non-hydrogen) atoms. The Morgan fingerprint density at radius 3 is 2.46 bits per heavy atom. The van der Waals surface area contributed by atoms with Crippen LogP contribution in [0.4, 0.5) is 0 Å². The number of benzene rings is 2. The molecule has 0 atom stereocenters. The summed E-state index contributed by atoms with van der Waals surface area (Å²) < 4.78 is 10.8. The highest BCUT2D eigenvalue weighted by Crippen LogP contribution is 2.34. The zero-order chi connectivity index (χ0) is 25.2. The average Bonchev–Trinajstić information content (AvgIpc) is 3.59. The number of rotatable bonds is 6. The van der Waals surface area contributed by atoms with E-state index < -0.39 is 0 Å². The lowest BCUT2D eigenvalue weighted by Gasteiger charge is -2.35. The van der Waals surface area contributed by atoms with Gasteiger partial charge >= 0.3 is 0 Å². The van der Waals surface area contributed by atoms with Gasteiger partial charge in [-0.05, 0) is 81.8 Å².